The maximum absolute atomic E-state index is 13.5. The molecule has 2 aliphatic rings. The lowest BCUT2D eigenvalue weighted by Gasteiger charge is -2.32. The fraction of sp³-hybridized carbons (Fsp3) is 0.483. The zero-order valence-corrected chi connectivity index (χ0v) is 22.0. The minimum Gasteiger partial charge on any atom is -0.490 e. The van der Waals surface area contributed by atoms with Gasteiger partial charge in [-0.15, -0.1) is 0 Å². The molecule has 2 aromatic rings. The molecule has 38 heavy (non-hydrogen) atoms. The summed E-state index contributed by atoms with van der Waals surface area (Å²) in [5.41, 5.74) is 1.59. The van der Waals surface area contributed by atoms with Gasteiger partial charge < -0.3 is 18.9 Å². The Balaban J connectivity index is 1.38. The van der Waals surface area contributed by atoms with Gasteiger partial charge in [-0.3, -0.25) is 9.69 Å². The van der Waals surface area contributed by atoms with E-state index in [4.69, 9.17) is 18.9 Å². The average molecular weight is 534 g/mol. The minimum absolute atomic E-state index is 0.0263. The van der Waals surface area contributed by atoms with Crippen LogP contribution in [0.1, 0.15) is 50.3 Å². The Morgan fingerprint density at radius 2 is 2.00 bits per heavy atom. The van der Waals surface area contributed by atoms with Gasteiger partial charge in [0.15, 0.2) is 0 Å². The molecule has 0 bridgehead atoms. The van der Waals surface area contributed by atoms with Crippen molar-refractivity contribution in [2.24, 2.45) is 5.92 Å². The van der Waals surface area contributed by atoms with Crippen molar-refractivity contribution in [2.45, 2.75) is 52.5 Å². The van der Waals surface area contributed by atoms with E-state index < -0.39 is 11.7 Å². The molecule has 0 amide bonds. The molecule has 2 aromatic carbocycles. The van der Waals surface area contributed by atoms with E-state index >= 15 is 0 Å². The van der Waals surface area contributed by atoms with E-state index in [1.807, 2.05) is 13.0 Å². The van der Waals surface area contributed by atoms with E-state index in [0.717, 1.165) is 36.6 Å². The Bertz CT molecular complexity index is 1160. The van der Waals surface area contributed by atoms with Gasteiger partial charge in [0.25, 0.3) is 0 Å². The van der Waals surface area contributed by atoms with Gasteiger partial charge in [0.2, 0.25) is 0 Å². The van der Waals surface area contributed by atoms with Crippen molar-refractivity contribution < 1.29 is 36.9 Å². The first-order chi connectivity index (χ1) is 18.1. The van der Waals surface area contributed by atoms with Crippen LogP contribution in [0.4, 0.5) is 13.2 Å². The number of piperidine rings is 1. The quantitative estimate of drug-likeness (QED) is 0.362. The van der Waals surface area contributed by atoms with E-state index in [1.54, 1.807) is 32.0 Å². The van der Waals surface area contributed by atoms with Crippen LogP contribution < -0.4 is 14.2 Å². The lowest BCUT2D eigenvalue weighted by atomic mass is 9.97. The predicted molar refractivity (Wildman–Crippen MR) is 137 cm³/mol. The Kier molecular flexibility index (Phi) is 8.87. The first kappa shape index (κ1) is 27.8. The van der Waals surface area contributed by atoms with Gasteiger partial charge in [0.05, 0.1) is 24.2 Å². The topological polar surface area (TPSA) is 57.2 Å². The van der Waals surface area contributed by atoms with E-state index in [0.29, 0.717) is 43.4 Å². The molecular weight excluding hydrogens is 499 g/mol. The number of hydrogen-bond acceptors (Lipinski definition) is 6. The summed E-state index contributed by atoms with van der Waals surface area (Å²) in [5.74, 6) is 0.753. The Morgan fingerprint density at radius 1 is 1.18 bits per heavy atom. The smallest absolute Gasteiger partial charge is 0.419 e. The lowest BCUT2D eigenvalue weighted by molar-refractivity contribution is -0.149. The summed E-state index contributed by atoms with van der Waals surface area (Å²) in [4.78, 5) is 14.4. The molecule has 6 nitrogen and oxygen atoms in total. The van der Waals surface area contributed by atoms with Crippen molar-refractivity contribution in [2.75, 3.05) is 32.8 Å². The summed E-state index contributed by atoms with van der Waals surface area (Å²) >= 11 is 0. The van der Waals surface area contributed by atoms with Crippen LogP contribution in [0.5, 0.6) is 17.2 Å². The van der Waals surface area contributed by atoms with Gasteiger partial charge in [-0.25, -0.2) is 0 Å². The molecule has 1 atom stereocenters. The highest BCUT2D eigenvalue weighted by atomic mass is 19.4. The number of carbonyl (C=O) groups is 1. The summed E-state index contributed by atoms with van der Waals surface area (Å²) in [6.07, 6.45) is -1.02. The number of benzene rings is 2. The number of halogens is 3. The number of esters is 1. The monoisotopic (exact) mass is 533 g/mol. The molecule has 2 heterocycles. The summed E-state index contributed by atoms with van der Waals surface area (Å²) in [7, 11) is 0. The van der Waals surface area contributed by atoms with Crippen molar-refractivity contribution in [1.29, 1.82) is 0 Å². The zero-order chi connectivity index (χ0) is 27.3. The molecular formula is C29H34F3NO5. The molecule has 0 radical (unpaired) electrons. The lowest BCUT2D eigenvalue weighted by Crippen LogP contribution is -2.40. The van der Waals surface area contributed by atoms with Crippen LogP contribution in [0.25, 0.3) is 6.08 Å². The third kappa shape index (κ3) is 7.22. The predicted octanol–water partition coefficient (Wildman–Crippen LogP) is 6.12. The Morgan fingerprint density at radius 3 is 2.74 bits per heavy atom. The highest BCUT2D eigenvalue weighted by Gasteiger charge is 2.35. The molecule has 0 aliphatic carbocycles. The Hall–Kier alpha value is -3.20. The number of alkyl halides is 3. The molecule has 1 fully saturated rings. The largest absolute Gasteiger partial charge is 0.490 e. The van der Waals surface area contributed by atoms with Crippen molar-refractivity contribution in [3.05, 3.63) is 58.7 Å². The van der Waals surface area contributed by atoms with E-state index in [9.17, 15) is 18.0 Å². The number of ether oxygens (including phenoxy) is 4. The van der Waals surface area contributed by atoms with E-state index in [-0.39, 0.29) is 30.3 Å². The second-order valence-corrected chi connectivity index (χ2v) is 9.90. The van der Waals surface area contributed by atoms with Gasteiger partial charge in [-0.1, -0.05) is 6.07 Å². The molecule has 2 aliphatic heterocycles. The molecule has 0 N–H and O–H groups in total. The van der Waals surface area contributed by atoms with Crippen LogP contribution in [0.3, 0.4) is 0 Å². The van der Waals surface area contributed by atoms with Gasteiger partial charge in [-0.05, 0) is 81.6 Å². The van der Waals surface area contributed by atoms with Crippen molar-refractivity contribution in [1.82, 2.24) is 4.90 Å². The third-order valence-corrected chi connectivity index (χ3v) is 6.43. The SMILES string of the molecule is CCOC(=O)[C@@H]1CCCN(CC2=Cc3ccc(OCc4ccc(OC(C)C)c(C(F)(F)F)c4)cc3OC2)C1. The first-order valence-corrected chi connectivity index (χ1v) is 13.0. The number of nitrogens with zero attached hydrogens (tertiary/aromatic N) is 1. The molecule has 206 valence electrons. The van der Waals surface area contributed by atoms with Crippen LogP contribution >= 0.6 is 0 Å². The molecule has 1 saturated heterocycles. The summed E-state index contributed by atoms with van der Waals surface area (Å²) in [6.45, 7) is 8.29. The highest BCUT2D eigenvalue weighted by Crippen LogP contribution is 2.38. The number of likely N-dealkylation sites (tertiary alicyclic amines) is 1. The van der Waals surface area contributed by atoms with Gasteiger partial charge >= 0.3 is 12.1 Å². The van der Waals surface area contributed by atoms with Crippen LogP contribution in [-0.2, 0) is 22.3 Å². The average Bonchev–Trinajstić information content (AvgIpc) is 2.87. The van der Waals surface area contributed by atoms with Gasteiger partial charge in [-0.2, -0.15) is 13.2 Å². The van der Waals surface area contributed by atoms with E-state index in [1.165, 1.54) is 6.07 Å². The normalized spacial score (nSPS) is 17.9. The standard InChI is InChI=1S/C29H34F3NO5/c1-4-35-28(34)23-6-5-11-33(16-23)15-21-12-22-8-9-24(14-27(22)37-18-21)36-17-20-7-10-26(38-19(2)3)25(13-20)29(30,31)32/h7-10,12-14,19,23H,4-6,11,15-18H2,1-3H3/t23-/m1/s1. The number of carbonyl (C=O) groups excluding carboxylic acids is 1. The minimum atomic E-state index is -4.53. The molecule has 4 rings (SSSR count). The van der Waals surface area contributed by atoms with Crippen LogP contribution in [0.15, 0.2) is 42.0 Å². The van der Waals surface area contributed by atoms with Crippen molar-refractivity contribution in [3.8, 4) is 17.2 Å². The Labute approximate surface area is 221 Å². The number of rotatable bonds is 9. The highest BCUT2D eigenvalue weighted by molar-refractivity contribution is 5.72. The first-order valence-electron chi connectivity index (χ1n) is 13.0. The summed E-state index contributed by atoms with van der Waals surface area (Å²) in [6, 6.07) is 9.38. The number of hydrogen-bond donors (Lipinski definition) is 0. The van der Waals surface area contributed by atoms with Crippen LogP contribution in [0.2, 0.25) is 0 Å². The van der Waals surface area contributed by atoms with Crippen molar-refractivity contribution >= 4 is 12.0 Å². The third-order valence-electron chi connectivity index (χ3n) is 6.43. The zero-order valence-electron chi connectivity index (χ0n) is 22.0. The molecule has 0 spiro atoms. The fourth-order valence-electron chi connectivity index (χ4n) is 4.72. The maximum atomic E-state index is 13.5. The van der Waals surface area contributed by atoms with Gasteiger partial charge in [0, 0.05) is 24.7 Å². The maximum Gasteiger partial charge on any atom is 0.419 e. The fourth-order valence-corrected chi connectivity index (χ4v) is 4.72. The molecule has 0 aromatic heterocycles. The van der Waals surface area contributed by atoms with Gasteiger partial charge in [0.1, 0.15) is 30.5 Å². The van der Waals surface area contributed by atoms with Crippen molar-refractivity contribution in [3.63, 3.8) is 0 Å². The summed E-state index contributed by atoms with van der Waals surface area (Å²) in [5, 5.41) is 0. The van der Waals surface area contributed by atoms with Crippen LogP contribution in [0, 0.1) is 5.92 Å². The molecule has 9 heteroatoms. The molecule has 0 saturated carbocycles. The second kappa shape index (κ2) is 12.1. The summed E-state index contributed by atoms with van der Waals surface area (Å²) < 4.78 is 62.9. The number of fused-ring (bicyclic) bond motifs is 1. The van der Waals surface area contributed by atoms with E-state index in [2.05, 4.69) is 11.0 Å². The van der Waals surface area contributed by atoms with Crippen LogP contribution in [-0.4, -0.2) is 49.8 Å². The second-order valence-electron chi connectivity index (χ2n) is 9.90. The molecule has 0 unspecified atom stereocenters.